The van der Waals surface area contributed by atoms with Crippen molar-refractivity contribution in [2.45, 2.75) is 66.1 Å². The van der Waals surface area contributed by atoms with Crippen LogP contribution in [0.5, 0.6) is 0 Å². The molecule has 0 spiro atoms. The Kier molecular flexibility index (Phi) is 4.55. The zero-order valence-corrected chi connectivity index (χ0v) is 10.3. The minimum absolute atomic E-state index is 0.0218. The van der Waals surface area contributed by atoms with E-state index in [4.69, 9.17) is 7.85 Å². The molecule has 0 fully saturated rings. The van der Waals surface area contributed by atoms with E-state index in [0.717, 1.165) is 12.3 Å². The maximum atomic E-state index is 6.35. The quantitative estimate of drug-likeness (QED) is 0.556. The van der Waals surface area contributed by atoms with E-state index in [1.165, 1.54) is 12.8 Å². The van der Waals surface area contributed by atoms with Gasteiger partial charge < -0.3 is 0 Å². The van der Waals surface area contributed by atoms with Gasteiger partial charge in [0.1, 0.15) is 0 Å². The Morgan fingerprint density at radius 1 is 1.08 bits per heavy atom. The van der Waals surface area contributed by atoms with E-state index in [2.05, 4.69) is 41.5 Å². The van der Waals surface area contributed by atoms with Gasteiger partial charge in [-0.05, 0) is 17.8 Å². The lowest BCUT2D eigenvalue weighted by Crippen LogP contribution is -2.32. The Bertz CT molecular complexity index is 149. The summed E-state index contributed by atoms with van der Waals surface area (Å²) in [5, 5.41) is -0.0218. The van der Waals surface area contributed by atoms with Crippen LogP contribution >= 0.6 is 0 Å². The summed E-state index contributed by atoms with van der Waals surface area (Å²) in [5.74, 6) is 0.736. The molecule has 13 heavy (non-hydrogen) atoms. The second-order valence-corrected chi connectivity index (χ2v) is 5.28. The third-order valence-corrected chi connectivity index (χ3v) is 3.75. The molecule has 0 heterocycles. The first-order chi connectivity index (χ1) is 5.79. The average Bonchev–Trinajstić information content (AvgIpc) is 2.02. The van der Waals surface area contributed by atoms with Crippen LogP contribution in [0, 0.1) is 11.3 Å². The van der Waals surface area contributed by atoms with Gasteiger partial charge in [-0.1, -0.05) is 59.7 Å². The van der Waals surface area contributed by atoms with Gasteiger partial charge in [0.15, 0.2) is 0 Å². The topological polar surface area (TPSA) is 0 Å². The number of rotatable bonds is 5. The molecule has 2 radical (unpaired) electrons. The molecule has 0 aromatic carbocycles. The van der Waals surface area contributed by atoms with Crippen molar-refractivity contribution < 1.29 is 0 Å². The minimum atomic E-state index is -0.0218. The molecule has 0 nitrogen and oxygen atoms in total. The molecule has 1 heteroatoms. The second kappa shape index (κ2) is 4.53. The minimum Gasteiger partial charge on any atom is -0.0671 e. The molecule has 0 rings (SSSR count). The van der Waals surface area contributed by atoms with Crippen molar-refractivity contribution in [3.8, 4) is 0 Å². The number of hydrogen-bond acceptors (Lipinski definition) is 0. The van der Waals surface area contributed by atoms with Gasteiger partial charge in [0.05, 0.1) is 7.85 Å². The first kappa shape index (κ1) is 13.1. The summed E-state index contributed by atoms with van der Waals surface area (Å²) in [4.78, 5) is 0. The van der Waals surface area contributed by atoms with Crippen LogP contribution in [0.3, 0.4) is 0 Å². The lowest BCUT2D eigenvalue weighted by atomic mass is 9.50. The van der Waals surface area contributed by atoms with E-state index >= 15 is 0 Å². The summed E-state index contributed by atoms with van der Waals surface area (Å²) in [6, 6.07) is 0. The highest BCUT2D eigenvalue weighted by molar-refractivity contribution is 6.15. The molecule has 0 N–H and O–H groups in total. The Morgan fingerprint density at radius 3 is 1.77 bits per heavy atom. The number of hydrogen-bond donors (Lipinski definition) is 0. The first-order valence-corrected chi connectivity index (χ1v) is 5.58. The standard InChI is InChI=1S/C12H25B/c1-7-11(5,9-10(3)4)12(6,13)8-2/h10H,7-9H2,1-6H3. The van der Waals surface area contributed by atoms with Crippen molar-refractivity contribution in [2.75, 3.05) is 0 Å². The van der Waals surface area contributed by atoms with Crippen LogP contribution in [0.15, 0.2) is 0 Å². The van der Waals surface area contributed by atoms with Crippen LogP contribution in [0.4, 0.5) is 0 Å². The SMILES string of the molecule is [B]C(C)(CC)C(C)(CC)CC(C)C. The van der Waals surface area contributed by atoms with E-state index in [1.807, 2.05) is 0 Å². The zero-order valence-electron chi connectivity index (χ0n) is 10.3. The molecular weight excluding hydrogens is 155 g/mol. The van der Waals surface area contributed by atoms with Crippen LogP contribution < -0.4 is 0 Å². The normalized spacial score (nSPS) is 21.2. The molecule has 0 aliphatic heterocycles. The van der Waals surface area contributed by atoms with Crippen LogP contribution in [-0.4, -0.2) is 7.85 Å². The monoisotopic (exact) mass is 180 g/mol. The van der Waals surface area contributed by atoms with Crippen molar-refractivity contribution in [1.82, 2.24) is 0 Å². The highest BCUT2D eigenvalue weighted by Crippen LogP contribution is 2.51. The molecule has 0 aromatic heterocycles. The molecule has 0 aliphatic carbocycles. The van der Waals surface area contributed by atoms with Gasteiger partial charge in [-0.15, -0.1) is 0 Å². The van der Waals surface area contributed by atoms with Gasteiger partial charge >= 0.3 is 0 Å². The van der Waals surface area contributed by atoms with Crippen LogP contribution in [0.25, 0.3) is 0 Å². The molecule has 0 aliphatic rings. The van der Waals surface area contributed by atoms with Crippen molar-refractivity contribution in [2.24, 2.45) is 11.3 Å². The van der Waals surface area contributed by atoms with E-state index in [0.29, 0.717) is 0 Å². The Balaban J connectivity index is 4.61. The van der Waals surface area contributed by atoms with E-state index in [9.17, 15) is 0 Å². The molecule has 0 bridgehead atoms. The summed E-state index contributed by atoms with van der Waals surface area (Å²) in [5.41, 5.74) is 0.288. The smallest absolute Gasteiger partial charge is 0.0671 e. The fourth-order valence-electron chi connectivity index (χ4n) is 2.11. The maximum absolute atomic E-state index is 6.35. The third kappa shape index (κ3) is 3.04. The van der Waals surface area contributed by atoms with E-state index in [1.54, 1.807) is 0 Å². The molecule has 0 saturated heterocycles. The summed E-state index contributed by atoms with van der Waals surface area (Å²) in [6.07, 6.45) is 3.46. The summed E-state index contributed by atoms with van der Waals surface area (Å²) < 4.78 is 0. The molecular formula is C12H25B. The highest BCUT2D eigenvalue weighted by Gasteiger charge is 2.37. The lowest BCUT2D eigenvalue weighted by Gasteiger charge is -2.45. The van der Waals surface area contributed by atoms with Gasteiger partial charge in [0.25, 0.3) is 0 Å². The molecule has 0 amide bonds. The van der Waals surface area contributed by atoms with Gasteiger partial charge in [-0.25, -0.2) is 0 Å². The van der Waals surface area contributed by atoms with Crippen molar-refractivity contribution in [3.05, 3.63) is 0 Å². The van der Waals surface area contributed by atoms with Crippen LogP contribution in [-0.2, 0) is 0 Å². The predicted molar refractivity (Wildman–Crippen MR) is 62.3 cm³/mol. The Morgan fingerprint density at radius 2 is 1.54 bits per heavy atom. The summed E-state index contributed by atoms with van der Waals surface area (Å²) in [7, 11) is 6.35. The average molecular weight is 180 g/mol. The van der Waals surface area contributed by atoms with Crippen molar-refractivity contribution >= 4 is 7.85 Å². The van der Waals surface area contributed by atoms with Gasteiger partial charge in [0.2, 0.25) is 0 Å². The molecule has 0 aromatic rings. The molecule has 0 saturated carbocycles. The Hall–Kier alpha value is 0.0649. The van der Waals surface area contributed by atoms with Gasteiger partial charge in [-0.2, -0.15) is 0 Å². The van der Waals surface area contributed by atoms with E-state index < -0.39 is 0 Å². The summed E-state index contributed by atoms with van der Waals surface area (Å²) in [6.45, 7) is 13.5. The fourth-order valence-corrected chi connectivity index (χ4v) is 2.11. The van der Waals surface area contributed by atoms with E-state index in [-0.39, 0.29) is 10.7 Å². The fraction of sp³-hybridized carbons (Fsp3) is 1.00. The third-order valence-electron chi connectivity index (χ3n) is 3.75. The van der Waals surface area contributed by atoms with Gasteiger partial charge in [-0.3, -0.25) is 0 Å². The van der Waals surface area contributed by atoms with Crippen LogP contribution in [0.1, 0.15) is 60.8 Å². The van der Waals surface area contributed by atoms with Crippen molar-refractivity contribution in [3.63, 3.8) is 0 Å². The molecule has 2 unspecified atom stereocenters. The maximum Gasteiger partial charge on any atom is 0.0749 e. The zero-order chi connectivity index (χ0) is 10.7. The largest absolute Gasteiger partial charge is 0.0749 e. The lowest BCUT2D eigenvalue weighted by molar-refractivity contribution is 0.162. The molecule has 76 valence electrons. The highest BCUT2D eigenvalue weighted by atomic mass is 14.4. The molecule has 2 atom stereocenters. The Labute approximate surface area is 85.9 Å². The second-order valence-electron chi connectivity index (χ2n) is 5.28. The van der Waals surface area contributed by atoms with Crippen LogP contribution in [0.2, 0.25) is 5.31 Å². The van der Waals surface area contributed by atoms with Crippen molar-refractivity contribution in [1.29, 1.82) is 0 Å². The first-order valence-electron chi connectivity index (χ1n) is 5.58. The predicted octanol–water partition coefficient (Wildman–Crippen LogP) is 4.21. The van der Waals surface area contributed by atoms with Gasteiger partial charge in [0, 0.05) is 0 Å². The summed E-state index contributed by atoms with van der Waals surface area (Å²) >= 11 is 0.